The summed E-state index contributed by atoms with van der Waals surface area (Å²) in [4.78, 5) is 15.3. The van der Waals surface area contributed by atoms with E-state index in [4.69, 9.17) is 4.74 Å². The summed E-state index contributed by atoms with van der Waals surface area (Å²) in [5, 5.41) is 8.42. The number of para-hydroxylation sites is 1. The normalized spacial score (nSPS) is 11.9. The van der Waals surface area contributed by atoms with Crippen LogP contribution in [0.2, 0.25) is 0 Å². The van der Waals surface area contributed by atoms with Gasteiger partial charge in [-0.15, -0.1) is 5.10 Å². The highest BCUT2D eigenvalue weighted by Gasteiger charge is 2.35. The number of alkyl halides is 3. The summed E-state index contributed by atoms with van der Waals surface area (Å²) >= 11 is 0. The summed E-state index contributed by atoms with van der Waals surface area (Å²) in [7, 11) is 1.63. The number of carbonyl (C=O) groups excluding carboxylic acids is 1. The van der Waals surface area contributed by atoms with Crippen molar-refractivity contribution in [1.29, 1.82) is 0 Å². The quantitative estimate of drug-likeness (QED) is 0.659. The minimum Gasteiger partial charge on any atom is -0.383 e. The lowest BCUT2D eigenvalue weighted by Crippen LogP contribution is -2.14. The SMILES string of the molecule is COCCn1cc(CCC(=O)Nc2n[nH]c(C(F)(F)F)n2)c2ccccc21. The number of H-pyrrole nitrogens is 1. The maximum absolute atomic E-state index is 12.5. The number of rotatable bonds is 7. The fourth-order valence-corrected chi connectivity index (χ4v) is 2.78. The van der Waals surface area contributed by atoms with Crippen molar-refractivity contribution in [2.45, 2.75) is 25.6 Å². The van der Waals surface area contributed by atoms with Crippen molar-refractivity contribution < 1.29 is 22.7 Å². The molecule has 0 aliphatic rings. The van der Waals surface area contributed by atoms with Crippen molar-refractivity contribution in [3.8, 4) is 0 Å². The Balaban J connectivity index is 1.66. The fraction of sp³-hybridized carbons (Fsp3) is 0.353. The summed E-state index contributed by atoms with van der Waals surface area (Å²) in [6.07, 6.45) is -2.15. The molecule has 27 heavy (non-hydrogen) atoms. The molecule has 3 aromatic rings. The minimum atomic E-state index is -4.64. The Morgan fingerprint density at radius 2 is 2.11 bits per heavy atom. The van der Waals surface area contributed by atoms with Crippen molar-refractivity contribution in [1.82, 2.24) is 19.7 Å². The van der Waals surface area contributed by atoms with Crippen molar-refractivity contribution in [3.63, 3.8) is 0 Å². The van der Waals surface area contributed by atoms with E-state index in [1.165, 1.54) is 0 Å². The minimum absolute atomic E-state index is 0.0914. The van der Waals surface area contributed by atoms with Gasteiger partial charge in [-0.2, -0.15) is 18.2 Å². The van der Waals surface area contributed by atoms with E-state index in [9.17, 15) is 18.0 Å². The largest absolute Gasteiger partial charge is 0.451 e. The number of carbonyl (C=O) groups is 1. The van der Waals surface area contributed by atoms with E-state index >= 15 is 0 Å². The Morgan fingerprint density at radius 3 is 2.81 bits per heavy atom. The molecular formula is C17H18F3N5O2. The Kier molecular flexibility index (Phi) is 5.45. The molecule has 0 aliphatic heterocycles. The van der Waals surface area contributed by atoms with Crippen LogP contribution in [0.1, 0.15) is 17.8 Å². The molecular weight excluding hydrogens is 363 g/mol. The molecule has 1 amide bonds. The van der Waals surface area contributed by atoms with E-state index < -0.39 is 23.9 Å². The number of ether oxygens (including phenoxy) is 1. The van der Waals surface area contributed by atoms with Crippen LogP contribution >= 0.6 is 0 Å². The van der Waals surface area contributed by atoms with E-state index in [0.717, 1.165) is 16.5 Å². The van der Waals surface area contributed by atoms with Gasteiger partial charge in [0.2, 0.25) is 17.7 Å². The number of aryl methyl sites for hydroxylation is 1. The molecule has 2 aromatic heterocycles. The molecule has 144 valence electrons. The van der Waals surface area contributed by atoms with Gasteiger partial charge in [0.1, 0.15) is 0 Å². The van der Waals surface area contributed by atoms with Crippen LogP contribution in [0.3, 0.4) is 0 Å². The maximum Gasteiger partial charge on any atom is 0.451 e. The highest BCUT2D eigenvalue weighted by molar-refractivity contribution is 5.90. The first-order valence-electron chi connectivity index (χ1n) is 8.23. The van der Waals surface area contributed by atoms with Gasteiger partial charge in [-0.1, -0.05) is 18.2 Å². The van der Waals surface area contributed by atoms with Crippen LogP contribution in [-0.4, -0.2) is 39.4 Å². The summed E-state index contributed by atoms with van der Waals surface area (Å²) in [6, 6.07) is 7.81. The van der Waals surface area contributed by atoms with Crippen LogP contribution in [0.25, 0.3) is 10.9 Å². The molecule has 0 atom stereocenters. The number of aromatic amines is 1. The van der Waals surface area contributed by atoms with Crippen molar-refractivity contribution in [2.75, 3.05) is 19.0 Å². The number of halogens is 3. The molecule has 0 aliphatic carbocycles. The number of anilines is 1. The van der Waals surface area contributed by atoms with Gasteiger partial charge in [-0.3, -0.25) is 15.2 Å². The second-order valence-electron chi connectivity index (χ2n) is 5.91. The number of fused-ring (bicyclic) bond motifs is 1. The summed E-state index contributed by atoms with van der Waals surface area (Å²) in [5.74, 6) is -2.11. The molecule has 0 unspecified atom stereocenters. The molecule has 2 N–H and O–H groups in total. The average Bonchev–Trinajstić information content (AvgIpc) is 3.23. The predicted molar refractivity (Wildman–Crippen MR) is 92.1 cm³/mol. The lowest BCUT2D eigenvalue weighted by Gasteiger charge is -2.03. The lowest BCUT2D eigenvalue weighted by atomic mass is 10.1. The number of hydrogen-bond donors (Lipinski definition) is 2. The first kappa shape index (κ1) is 18.9. The van der Waals surface area contributed by atoms with E-state index in [1.54, 1.807) is 12.2 Å². The van der Waals surface area contributed by atoms with Gasteiger partial charge >= 0.3 is 6.18 Å². The number of nitrogens with one attached hydrogen (secondary N) is 2. The molecule has 1 aromatic carbocycles. The topological polar surface area (TPSA) is 84.8 Å². The third-order valence-corrected chi connectivity index (χ3v) is 4.03. The Labute approximate surface area is 152 Å². The smallest absolute Gasteiger partial charge is 0.383 e. The Hall–Kier alpha value is -2.88. The van der Waals surface area contributed by atoms with Crippen LogP contribution in [0, 0.1) is 0 Å². The molecule has 7 nitrogen and oxygen atoms in total. The van der Waals surface area contributed by atoms with Gasteiger partial charge in [0, 0.05) is 37.2 Å². The Morgan fingerprint density at radius 1 is 1.33 bits per heavy atom. The lowest BCUT2D eigenvalue weighted by molar-refractivity contribution is -0.144. The zero-order chi connectivity index (χ0) is 19.4. The van der Waals surface area contributed by atoms with Crippen LogP contribution in [-0.2, 0) is 28.7 Å². The molecule has 3 rings (SSSR count). The predicted octanol–water partition coefficient (Wildman–Crippen LogP) is 3.00. The maximum atomic E-state index is 12.5. The zero-order valence-corrected chi connectivity index (χ0v) is 14.5. The van der Waals surface area contributed by atoms with Gasteiger partial charge in [0.25, 0.3) is 0 Å². The summed E-state index contributed by atoms with van der Waals surface area (Å²) < 4.78 is 44.6. The van der Waals surface area contributed by atoms with Crippen molar-refractivity contribution >= 4 is 22.8 Å². The molecule has 0 saturated heterocycles. The number of amides is 1. The molecule has 0 fully saturated rings. The number of aromatic nitrogens is 4. The standard InChI is InChI=1S/C17H18F3N5O2/c1-27-9-8-25-10-11(12-4-2-3-5-13(12)25)6-7-14(26)21-16-22-15(23-24-16)17(18,19)20/h2-5,10H,6-9H2,1H3,(H2,21,22,23,24,26). The summed E-state index contributed by atoms with van der Waals surface area (Å²) in [6.45, 7) is 1.24. The molecule has 0 radical (unpaired) electrons. The third-order valence-electron chi connectivity index (χ3n) is 4.03. The number of methoxy groups -OCH3 is 1. The summed E-state index contributed by atoms with van der Waals surface area (Å²) in [5.41, 5.74) is 2.01. The van der Waals surface area contributed by atoms with Gasteiger partial charge < -0.3 is 9.30 Å². The number of hydrogen-bond acceptors (Lipinski definition) is 4. The molecule has 0 spiro atoms. The van der Waals surface area contributed by atoms with Gasteiger partial charge in [-0.25, -0.2) is 0 Å². The van der Waals surface area contributed by atoms with Crippen molar-refractivity contribution in [3.05, 3.63) is 41.9 Å². The van der Waals surface area contributed by atoms with Crippen LogP contribution in [0.5, 0.6) is 0 Å². The van der Waals surface area contributed by atoms with E-state index in [2.05, 4.69) is 20.0 Å². The van der Waals surface area contributed by atoms with Crippen LogP contribution in [0.15, 0.2) is 30.5 Å². The molecule has 2 heterocycles. The zero-order valence-electron chi connectivity index (χ0n) is 14.5. The Bertz CT molecular complexity index is 932. The van der Waals surface area contributed by atoms with Gasteiger partial charge in [0.05, 0.1) is 6.61 Å². The second kappa shape index (κ2) is 7.78. The van der Waals surface area contributed by atoms with Crippen molar-refractivity contribution in [2.24, 2.45) is 0 Å². The highest BCUT2D eigenvalue weighted by atomic mass is 19.4. The van der Waals surface area contributed by atoms with Crippen LogP contribution in [0.4, 0.5) is 19.1 Å². The molecule has 10 heteroatoms. The average molecular weight is 381 g/mol. The second-order valence-corrected chi connectivity index (χ2v) is 5.91. The van der Waals surface area contributed by atoms with E-state index in [-0.39, 0.29) is 6.42 Å². The first-order chi connectivity index (χ1) is 12.9. The van der Waals surface area contributed by atoms with Gasteiger partial charge in [0.15, 0.2) is 0 Å². The van der Waals surface area contributed by atoms with Gasteiger partial charge in [-0.05, 0) is 18.1 Å². The van der Waals surface area contributed by atoms with E-state index in [0.29, 0.717) is 19.6 Å². The monoisotopic (exact) mass is 381 g/mol. The fourth-order valence-electron chi connectivity index (χ4n) is 2.78. The molecule has 0 saturated carbocycles. The van der Waals surface area contributed by atoms with E-state index in [1.807, 2.05) is 30.5 Å². The third kappa shape index (κ3) is 4.45. The molecule has 0 bridgehead atoms. The highest BCUT2D eigenvalue weighted by Crippen LogP contribution is 2.26. The first-order valence-corrected chi connectivity index (χ1v) is 8.23. The van der Waals surface area contributed by atoms with Crippen LogP contribution < -0.4 is 5.32 Å². The number of benzene rings is 1. The number of nitrogens with zero attached hydrogens (tertiary/aromatic N) is 3.